The molecule has 140 valence electrons. The smallest absolute Gasteiger partial charge is 0.465 e. The van der Waals surface area contributed by atoms with Crippen LogP contribution in [0.5, 0.6) is 0 Å². The second-order valence-electron chi connectivity index (χ2n) is 7.23. The molecular formula is C19H30O5Si. The third kappa shape index (κ3) is 4.91. The van der Waals surface area contributed by atoms with Gasteiger partial charge in [0.15, 0.2) is 0 Å². The Morgan fingerprint density at radius 2 is 1.40 bits per heavy atom. The largest absolute Gasteiger partial charge is 0.509 e. The van der Waals surface area contributed by atoms with Gasteiger partial charge in [-0.2, -0.15) is 0 Å². The third-order valence-electron chi connectivity index (χ3n) is 3.87. The van der Waals surface area contributed by atoms with E-state index in [2.05, 4.69) is 0 Å². The van der Waals surface area contributed by atoms with E-state index >= 15 is 0 Å². The van der Waals surface area contributed by atoms with Crippen LogP contribution in [0.4, 0.5) is 0 Å². The van der Waals surface area contributed by atoms with Crippen LogP contribution in [0.1, 0.15) is 53.0 Å². The van der Waals surface area contributed by atoms with Gasteiger partial charge in [0, 0.05) is 18.3 Å². The third-order valence-corrected chi connectivity index (χ3v) is 7.68. The van der Waals surface area contributed by atoms with E-state index in [1.54, 1.807) is 0 Å². The van der Waals surface area contributed by atoms with E-state index in [1.807, 2.05) is 71.9 Å². The molecule has 2 rings (SSSR count). The lowest BCUT2D eigenvalue weighted by Gasteiger charge is -2.39. The summed E-state index contributed by atoms with van der Waals surface area (Å²) in [5, 5.41) is 0. The summed E-state index contributed by atoms with van der Waals surface area (Å²) in [6.07, 6.45) is -0.219. The highest BCUT2D eigenvalue weighted by molar-refractivity contribution is 6.63. The van der Waals surface area contributed by atoms with Crippen molar-refractivity contribution in [2.24, 2.45) is 0 Å². The highest BCUT2D eigenvalue weighted by atomic mass is 28.4. The van der Waals surface area contributed by atoms with Gasteiger partial charge in [-0.05, 0) is 47.1 Å². The van der Waals surface area contributed by atoms with Crippen LogP contribution in [0.3, 0.4) is 0 Å². The number of carbonyl (C=O) groups is 1. The van der Waals surface area contributed by atoms with E-state index < -0.39 is 14.7 Å². The highest BCUT2D eigenvalue weighted by Crippen LogP contribution is 2.45. The monoisotopic (exact) mass is 366 g/mol. The molecule has 0 amide bonds. The van der Waals surface area contributed by atoms with Gasteiger partial charge in [0.1, 0.15) is 0 Å². The normalized spacial score (nSPS) is 21.4. The zero-order chi connectivity index (χ0) is 18.6. The molecule has 1 fully saturated rings. The zero-order valence-corrected chi connectivity index (χ0v) is 17.0. The number of carbonyl (C=O) groups excluding carboxylic acids is 1. The van der Waals surface area contributed by atoms with Crippen LogP contribution >= 0.6 is 0 Å². The quantitative estimate of drug-likeness (QED) is 0.516. The number of cyclic esters (lactones) is 1. The first kappa shape index (κ1) is 20.1. The topological polar surface area (TPSA) is 54.0 Å². The van der Waals surface area contributed by atoms with Crippen molar-refractivity contribution < 1.29 is 22.8 Å². The van der Waals surface area contributed by atoms with Gasteiger partial charge in [0.25, 0.3) is 0 Å². The first-order valence-corrected chi connectivity index (χ1v) is 10.8. The summed E-state index contributed by atoms with van der Waals surface area (Å²) in [6, 6.07) is 9.69. The van der Waals surface area contributed by atoms with Crippen LogP contribution in [0.15, 0.2) is 30.3 Å². The van der Waals surface area contributed by atoms with Crippen LogP contribution in [-0.2, 0) is 22.8 Å². The minimum absolute atomic E-state index is 0.0729. The molecule has 0 bridgehead atoms. The maximum absolute atomic E-state index is 12.5. The lowest BCUT2D eigenvalue weighted by Crippen LogP contribution is -2.56. The molecule has 0 N–H and O–H groups in total. The SMILES string of the molecule is CC(C)O[Si](OC(C)C)(OC(C)C)C1COC(=O)C1c1ccccc1. The lowest BCUT2D eigenvalue weighted by atomic mass is 9.97. The Kier molecular flexibility index (Phi) is 6.79. The lowest BCUT2D eigenvalue weighted by molar-refractivity contribution is -0.139. The molecule has 2 unspecified atom stereocenters. The van der Waals surface area contributed by atoms with Gasteiger partial charge in [-0.1, -0.05) is 30.3 Å². The van der Waals surface area contributed by atoms with Crippen LogP contribution in [-0.4, -0.2) is 39.7 Å². The minimum Gasteiger partial charge on any atom is -0.465 e. The summed E-state index contributed by atoms with van der Waals surface area (Å²) >= 11 is 0. The molecule has 1 aromatic rings. The van der Waals surface area contributed by atoms with Crippen LogP contribution in [0.25, 0.3) is 0 Å². The molecule has 5 nitrogen and oxygen atoms in total. The first-order valence-electron chi connectivity index (χ1n) is 9.00. The molecule has 1 heterocycles. The number of rotatable bonds is 8. The predicted octanol–water partition coefficient (Wildman–Crippen LogP) is 3.91. The van der Waals surface area contributed by atoms with E-state index in [0.717, 1.165) is 5.56 Å². The molecular weight excluding hydrogens is 336 g/mol. The van der Waals surface area contributed by atoms with Gasteiger partial charge in [-0.3, -0.25) is 4.79 Å². The summed E-state index contributed by atoms with van der Waals surface area (Å²) in [5.41, 5.74) is 0.661. The van der Waals surface area contributed by atoms with Crippen molar-refractivity contribution in [3.63, 3.8) is 0 Å². The van der Waals surface area contributed by atoms with E-state index in [1.165, 1.54) is 0 Å². The van der Waals surface area contributed by atoms with Gasteiger partial charge in [0.05, 0.1) is 18.1 Å². The van der Waals surface area contributed by atoms with E-state index in [-0.39, 0.29) is 36.4 Å². The zero-order valence-electron chi connectivity index (χ0n) is 16.0. The van der Waals surface area contributed by atoms with E-state index in [9.17, 15) is 4.79 Å². The molecule has 1 aliphatic heterocycles. The van der Waals surface area contributed by atoms with Gasteiger partial charge in [0.2, 0.25) is 0 Å². The number of benzene rings is 1. The maximum atomic E-state index is 12.5. The Morgan fingerprint density at radius 1 is 0.920 bits per heavy atom. The molecule has 2 atom stereocenters. The molecule has 0 aliphatic carbocycles. The van der Waals surface area contributed by atoms with Crippen molar-refractivity contribution in [3.8, 4) is 0 Å². The summed E-state index contributed by atoms with van der Waals surface area (Å²) in [6.45, 7) is 12.0. The molecule has 0 saturated carbocycles. The Hall–Kier alpha value is -1.21. The summed E-state index contributed by atoms with van der Waals surface area (Å²) < 4.78 is 24.4. The van der Waals surface area contributed by atoms with Crippen LogP contribution < -0.4 is 0 Å². The number of ether oxygens (including phenoxy) is 1. The van der Waals surface area contributed by atoms with Gasteiger partial charge in [-0.25, -0.2) is 0 Å². The molecule has 0 radical (unpaired) electrons. The molecule has 6 heteroatoms. The molecule has 1 aromatic carbocycles. The Morgan fingerprint density at radius 3 is 1.84 bits per heavy atom. The van der Waals surface area contributed by atoms with Gasteiger partial charge < -0.3 is 18.0 Å². The van der Waals surface area contributed by atoms with Crippen molar-refractivity contribution in [2.45, 2.75) is 71.3 Å². The summed E-state index contributed by atoms with van der Waals surface area (Å²) in [5.74, 6) is -0.663. The summed E-state index contributed by atoms with van der Waals surface area (Å²) in [4.78, 5) is 12.5. The number of hydrogen-bond donors (Lipinski definition) is 0. The van der Waals surface area contributed by atoms with Crippen LogP contribution in [0.2, 0.25) is 5.54 Å². The van der Waals surface area contributed by atoms with Crippen molar-refractivity contribution in [1.29, 1.82) is 0 Å². The second-order valence-corrected chi connectivity index (χ2v) is 9.88. The van der Waals surface area contributed by atoms with Crippen molar-refractivity contribution in [3.05, 3.63) is 35.9 Å². The van der Waals surface area contributed by atoms with E-state index in [0.29, 0.717) is 0 Å². The van der Waals surface area contributed by atoms with E-state index in [4.69, 9.17) is 18.0 Å². The fourth-order valence-electron chi connectivity index (χ4n) is 3.19. The molecule has 0 aromatic heterocycles. The summed E-state index contributed by atoms with van der Waals surface area (Å²) in [7, 11) is -3.19. The predicted molar refractivity (Wildman–Crippen MR) is 98.3 cm³/mol. The molecule has 25 heavy (non-hydrogen) atoms. The van der Waals surface area contributed by atoms with Crippen molar-refractivity contribution in [1.82, 2.24) is 0 Å². The van der Waals surface area contributed by atoms with Gasteiger partial charge >= 0.3 is 14.8 Å². The molecule has 1 aliphatic rings. The number of esters is 1. The fourth-order valence-corrected chi connectivity index (χ4v) is 6.87. The maximum Gasteiger partial charge on any atom is 0.509 e. The number of hydrogen-bond acceptors (Lipinski definition) is 5. The minimum atomic E-state index is -3.19. The average Bonchev–Trinajstić information content (AvgIpc) is 2.88. The Bertz CT molecular complexity index is 532. The average molecular weight is 367 g/mol. The Labute approximate surface area is 152 Å². The highest BCUT2D eigenvalue weighted by Gasteiger charge is 2.60. The first-order chi connectivity index (χ1) is 11.7. The van der Waals surface area contributed by atoms with Gasteiger partial charge in [-0.15, -0.1) is 0 Å². The fraction of sp³-hybridized carbons (Fsp3) is 0.632. The Balaban J connectivity index is 2.47. The second kappa shape index (κ2) is 8.45. The molecule has 1 saturated heterocycles. The molecule has 0 spiro atoms. The standard InChI is InChI=1S/C19H30O5Si/c1-13(2)22-25(23-14(3)4,24-15(5)6)17-12-21-19(20)18(17)16-10-8-7-9-11-16/h7-11,13-15,17-18H,12H2,1-6H3. The van der Waals surface area contributed by atoms with Crippen molar-refractivity contribution >= 4 is 14.8 Å². The van der Waals surface area contributed by atoms with Crippen LogP contribution in [0, 0.1) is 0 Å². The van der Waals surface area contributed by atoms with Crippen molar-refractivity contribution in [2.75, 3.05) is 6.61 Å².